The van der Waals surface area contributed by atoms with Gasteiger partial charge in [0.25, 0.3) is 0 Å². The van der Waals surface area contributed by atoms with E-state index in [0.717, 1.165) is 37.7 Å². The molecule has 0 aromatic rings. The monoisotopic (exact) mass is 414 g/mol. The number of esters is 2. The first-order valence-corrected chi connectivity index (χ1v) is 11.4. The van der Waals surface area contributed by atoms with Gasteiger partial charge in [0, 0.05) is 29.6 Å². The van der Waals surface area contributed by atoms with Crippen LogP contribution in [0.5, 0.6) is 0 Å². The van der Waals surface area contributed by atoms with Crippen LogP contribution in [0.15, 0.2) is 11.6 Å². The highest BCUT2D eigenvalue weighted by Gasteiger charge is 2.83. The highest BCUT2D eigenvalue weighted by molar-refractivity contribution is 5.92. The fourth-order valence-corrected chi connectivity index (χ4v) is 8.69. The number of epoxide rings is 1. The fourth-order valence-electron chi connectivity index (χ4n) is 8.69. The molecule has 4 aliphatic carbocycles. The van der Waals surface area contributed by atoms with Gasteiger partial charge < -0.3 is 14.2 Å². The summed E-state index contributed by atoms with van der Waals surface area (Å²) < 4.78 is 17.9. The van der Waals surface area contributed by atoms with Crippen LogP contribution >= 0.6 is 0 Å². The molecule has 162 valence electrons. The maximum absolute atomic E-state index is 13.0. The van der Waals surface area contributed by atoms with Crippen LogP contribution in [-0.4, -0.2) is 42.1 Å². The van der Waals surface area contributed by atoms with Crippen LogP contribution in [0.4, 0.5) is 0 Å². The van der Waals surface area contributed by atoms with E-state index in [1.807, 2.05) is 0 Å². The summed E-state index contributed by atoms with van der Waals surface area (Å²) in [7, 11) is 1.45. The van der Waals surface area contributed by atoms with E-state index in [0.29, 0.717) is 19.3 Å². The van der Waals surface area contributed by atoms with Crippen molar-refractivity contribution >= 4 is 17.7 Å². The zero-order valence-electron chi connectivity index (χ0n) is 18.0. The second kappa shape index (κ2) is 5.56. The second-order valence-electron chi connectivity index (χ2n) is 11.0. The minimum Gasteiger partial charge on any atom is -0.469 e. The van der Waals surface area contributed by atoms with Crippen molar-refractivity contribution in [3.63, 3.8) is 0 Å². The molecule has 6 heteroatoms. The van der Waals surface area contributed by atoms with Crippen molar-refractivity contribution in [3.8, 4) is 0 Å². The Kier molecular flexibility index (Phi) is 3.53. The van der Waals surface area contributed by atoms with Crippen LogP contribution in [0.25, 0.3) is 0 Å². The zero-order valence-corrected chi connectivity index (χ0v) is 18.0. The third-order valence-electron chi connectivity index (χ3n) is 10.2. The molecule has 0 unspecified atom stereocenters. The van der Waals surface area contributed by atoms with Crippen LogP contribution < -0.4 is 0 Å². The van der Waals surface area contributed by atoms with E-state index >= 15 is 0 Å². The molecule has 0 radical (unpaired) electrons. The van der Waals surface area contributed by atoms with E-state index in [2.05, 4.69) is 13.8 Å². The Labute approximate surface area is 176 Å². The van der Waals surface area contributed by atoms with Gasteiger partial charge in [0.05, 0.1) is 19.1 Å². The summed E-state index contributed by atoms with van der Waals surface area (Å²) in [5, 5.41) is 0. The van der Waals surface area contributed by atoms with Gasteiger partial charge in [-0.25, -0.2) is 0 Å². The molecule has 3 saturated carbocycles. The number of rotatable bonds is 1. The summed E-state index contributed by atoms with van der Waals surface area (Å²) >= 11 is 0. The average Bonchev–Trinajstić information content (AvgIpc) is 3.20. The predicted molar refractivity (Wildman–Crippen MR) is 105 cm³/mol. The molecule has 0 N–H and O–H groups in total. The third kappa shape index (κ3) is 1.94. The molecular formula is C24H30O6. The summed E-state index contributed by atoms with van der Waals surface area (Å²) in [6.07, 6.45) is 7.61. The number of ketones is 1. The largest absolute Gasteiger partial charge is 0.469 e. The predicted octanol–water partition coefficient (Wildman–Crippen LogP) is 3.12. The average molecular weight is 414 g/mol. The van der Waals surface area contributed by atoms with Crippen molar-refractivity contribution in [1.82, 2.24) is 0 Å². The lowest BCUT2D eigenvalue weighted by Gasteiger charge is -2.58. The van der Waals surface area contributed by atoms with Crippen molar-refractivity contribution in [2.24, 2.45) is 28.6 Å². The number of hydrogen-bond acceptors (Lipinski definition) is 6. The van der Waals surface area contributed by atoms with Gasteiger partial charge in [0.2, 0.25) is 0 Å². The Morgan fingerprint density at radius 2 is 1.97 bits per heavy atom. The van der Waals surface area contributed by atoms with Crippen molar-refractivity contribution < 1.29 is 28.6 Å². The lowest BCUT2D eigenvalue weighted by molar-refractivity contribution is -0.172. The lowest BCUT2D eigenvalue weighted by Crippen LogP contribution is -2.63. The van der Waals surface area contributed by atoms with Gasteiger partial charge in [-0.3, -0.25) is 14.4 Å². The second-order valence-corrected chi connectivity index (χ2v) is 11.0. The first kappa shape index (κ1) is 19.0. The SMILES string of the molecule is COC(=O)[C@H]1CC2=CC(=O)CC[C@@]2(C)[C@]23O[C@H]2C[C@]2(C)[C@H](CC[C@@]24CCC(=O)O4)[C@@H]13. The van der Waals surface area contributed by atoms with Crippen LogP contribution in [-0.2, 0) is 28.6 Å². The highest BCUT2D eigenvalue weighted by atomic mass is 16.6. The van der Waals surface area contributed by atoms with Crippen LogP contribution in [0.2, 0.25) is 0 Å². The molecule has 6 nitrogen and oxygen atoms in total. The summed E-state index contributed by atoms with van der Waals surface area (Å²) in [4.78, 5) is 37.4. The molecule has 5 fully saturated rings. The van der Waals surface area contributed by atoms with E-state index < -0.39 is 11.2 Å². The molecule has 6 aliphatic rings. The van der Waals surface area contributed by atoms with Gasteiger partial charge >= 0.3 is 11.9 Å². The number of ether oxygens (including phenoxy) is 3. The Morgan fingerprint density at radius 3 is 2.67 bits per heavy atom. The molecule has 30 heavy (non-hydrogen) atoms. The highest BCUT2D eigenvalue weighted by Crippen LogP contribution is 2.78. The Morgan fingerprint density at radius 1 is 1.17 bits per heavy atom. The van der Waals surface area contributed by atoms with Gasteiger partial charge in [0.1, 0.15) is 11.2 Å². The summed E-state index contributed by atoms with van der Waals surface area (Å²) in [6.45, 7) is 4.51. The Hall–Kier alpha value is -1.69. The standard InChI is InChI=1S/C24H30O6/c1-21-7-4-14(25)10-13(21)11-15(20(27)28-3)19-16-5-8-23(9-6-18(26)30-23)22(16,2)12-17-24(19,21)29-17/h10,15-17,19H,4-9,11-12H2,1-3H3/t15-,16+,17-,19+,21+,22+,23+,24-/m0/s1. The van der Waals surface area contributed by atoms with Gasteiger partial charge in [0.15, 0.2) is 5.78 Å². The third-order valence-corrected chi connectivity index (χ3v) is 10.2. The van der Waals surface area contributed by atoms with Crippen LogP contribution in [0, 0.1) is 28.6 Å². The Bertz CT molecular complexity index is 907. The number of methoxy groups -OCH3 is 1. The maximum atomic E-state index is 13.0. The molecule has 0 aromatic carbocycles. The van der Waals surface area contributed by atoms with E-state index in [4.69, 9.17) is 14.2 Å². The van der Waals surface area contributed by atoms with E-state index in [1.54, 1.807) is 6.08 Å². The maximum Gasteiger partial charge on any atom is 0.309 e. The molecular weight excluding hydrogens is 384 g/mol. The topological polar surface area (TPSA) is 82.2 Å². The Balaban J connectivity index is 1.49. The summed E-state index contributed by atoms with van der Waals surface area (Å²) in [5.74, 6) is -0.201. The molecule has 2 spiro atoms. The quantitative estimate of drug-likeness (QED) is 0.484. The zero-order chi connectivity index (χ0) is 21.1. The first-order valence-electron chi connectivity index (χ1n) is 11.4. The molecule has 2 saturated heterocycles. The molecule has 2 aliphatic heterocycles. The number of carbonyl (C=O) groups is 3. The van der Waals surface area contributed by atoms with Crippen LogP contribution in [0.1, 0.15) is 65.2 Å². The fraction of sp³-hybridized carbons (Fsp3) is 0.792. The van der Waals surface area contributed by atoms with Gasteiger partial charge in [-0.1, -0.05) is 19.4 Å². The van der Waals surface area contributed by atoms with E-state index in [-0.39, 0.29) is 52.4 Å². The molecule has 2 heterocycles. The van der Waals surface area contributed by atoms with E-state index in [9.17, 15) is 14.4 Å². The first-order chi connectivity index (χ1) is 14.2. The lowest BCUT2D eigenvalue weighted by atomic mass is 9.43. The number of fused-ring (bicyclic) bond motifs is 4. The molecule has 0 amide bonds. The molecule has 0 bridgehead atoms. The van der Waals surface area contributed by atoms with Crippen molar-refractivity contribution in [2.45, 2.75) is 82.5 Å². The molecule has 6 rings (SSSR count). The van der Waals surface area contributed by atoms with Crippen molar-refractivity contribution in [3.05, 3.63) is 11.6 Å². The molecule has 0 aromatic heterocycles. The van der Waals surface area contributed by atoms with Crippen LogP contribution in [0.3, 0.4) is 0 Å². The minimum atomic E-state index is -0.424. The van der Waals surface area contributed by atoms with Crippen molar-refractivity contribution in [2.75, 3.05) is 7.11 Å². The smallest absolute Gasteiger partial charge is 0.309 e. The number of carbonyl (C=O) groups excluding carboxylic acids is 3. The van der Waals surface area contributed by atoms with Gasteiger partial charge in [-0.15, -0.1) is 0 Å². The van der Waals surface area contributed by atoms with Crippen molar-refractivity contribution in [1.29, 1.82) is 0 Å². The van der Waals surface area contributed by atoms with E-state index in [1.165, 1.54) is 7.11 Å². The molecule has 8 atom stereocenters. The normalized spacial score (nSPS) is 53.2. The summed E-state index contributed by atoms with van der Waals surface area (Å²) in [6, 6.07) is 0. The number of hydrogen-bond donors (Lipinski definition) is 0. The van der Waals surface area contributed by atoms with Gasteiger partial charge in [-0.2, -0.15) is 0 Å². The summed E-state index contributed by atoms with van der Waals surface area (Å²) in [5.41, 5.74) is -0.175. The minimum absolute atomic E-state index is 0.0303. The van der Waals surface area contributed by atoms with Gasteiger partial charge in [-0.05, 0) is 50.5 Å².